The molecule has 3 heteroatoms. The van der Waals surface area contributed by atoms with Crippen molar-refractivity contribution in [1.29, 1.82) is 0 Å². The van der Waals surface area contributed by atoms with E-state index in [-0.39, 0.29) is 11.8 Å². The number of rotatable bonds is 4. The van der Waals surface area contributed by atoms with E-state index < -0.39 is 0 Å². The summed E-state index contributed by atoms with van der Waals surface area (Å²) < 4.78 is 0. The predicted octanol–water partition coefficient (Wildman–Crippen LogP) is 3.38. The second-order valence-corrected chi connectivity index (χ2v) is 3.85. The van der Waals surface area contributed by atoms with E-state index in [0.717, 1.165) is 12.1 Å². The van der Waals surface area contributed by atoms with E-state index in [1.165, 1.54) is 5.56 Å². The van der Waals surface area contributed by atoms with Gasteiger partial charge in [0.15, 0.2) is 0 Å². The summed E-state index contributed by atoms with van der Waals surface area (Å²) in [4.78, 5) is 11.2. The van der Waals surface area contributed by atoms with E-state index in [0.29, 0.717) is 5.92 Å². The van der Waals surface area contributed by atoms with Crippen LogP contribution in [-0.4, -0.2) is 11.8 Å². The van der Waals surface area contributed by atoms with Gasteiger partial charge in [0.25, 0.3) is 0 Å². The van der Waals surface area contributed by atoms with E-state index in [9.17, 15) is 4.79 Å². The number of halogens is 1. The number of anilines is 1. The minimum absolute atomic E-state index is 0.00512. The summed E-state index contributed by atoms with van der Waals surface area (Å²) >= 11 is 5.46. The summed E-state index contributed by atoms with van der Waals surface area (Å²) in [7, 11) is 0. The summed E-state index contributed by atoms with van der Waals surface area (Å²) in [6, 6.07) is 7.84. The Balaban J connectivity index is 2.91. The smallest absolute Gasteiger partial charge is 0.239 e. The maximum atomic E-state index is 11.2. The quantitative estimate of drug-likeness (QED) is 0.783. The Morgan fingerprint density at radius 3 is 2.73 bits per heavy atom. The summed E-state index contributed by atoms with van der Waals surface area (Å²) in [5, 5.41) is 2.80. The first-order chi connectivity index (χ1) is 7.19. The molecule has 1 amide bonds. The first-order valence-corrected chi connectivity index (χ1v) is 5.67. The summed E-state index contributed by atoms with van der Waals surface area (Å²) in [6.45, 7) is 4.27. The molecule has 0 aromatic heterocycles. The fourth-order valence-electron chi connectivity index (χ4n) is 1.44. The van der Waals surface area contributed by atoms with Gasteiger partial charge >= 0.3 is 0 Å². The molecular weight excluding hydrogens is 210 g/mol. The fraction of sp³-hybridized carbons (Fsp3) is 0.417. The van der Waals surface area contributed by atoms with Gasteiger partial charge in [0.2, 0.25) is 5.91 Å². The first-order valence-electron chi connectivity index (χ1n) is 5.13. The van der Waals surface area contributed by atoms with Crippen LogP contribution in [0.15, 0.2) is 24.3 Å². The molecule has 1 rings (SSSR count). The Morgan fingerprint density at radius 1 is 1.47 bits per heavy atom. The summed E-state index contributed by atoms with van der Waals surface area (Å²) in [6.07, 6.45) is 1.05. The van der Waals surface area contributed by atoms with Crippen LogP contribution >= 0.6 is 11.6 Å². The molecule has 0 aliphatic rings. The van der Waals surface area contributed by atoms with Crippen molar-refractivity contribution in [2.75, 3.05) is 11.2 Å². The number of carbonyl (C=O) groups is 1. The SMILES string of the molecule is CC[C@@H](C)c1ccccc1NC(=O)CCl. The number of nitrogens with one attached hydrogen (secondary N) is 1. The molecule has 0 heterocycles. The number of hydrogen-bond donors (Lipinski definition) is 1. The van der Waals surface area contributed by atoms with Gasteiger partial charge < -0.3 is 5.32 Å². The Hall–Kier alpha value is -1.02. The number of amides is 1. The lowest BCUT2D eigenvalue weighted by Gasteiger charge is -2.14. The topological polar surface area (TPSA) is 29.1 Å². The molecule has 0 unspecified atom stereocenters. The first kappa shape index (κ1) is 12.1. The highest BCUT2D eigenvalue weighted by molar-refractivity contribution is 6.29. The van der Waals surface area contributed by atoms with Gasteiger partial charge in [-0.05, 0) is 24.0 Å². The molecule has 0 aliphatic heterocycles. The van der Waals surface area contributed by atoms with Gasteiger partial charge in [0.05, 0.1) is 0 Å². The highest BCUT2D eigenvalue weighted by atomic mass is 35.5. The average molecular weight is 226 g/mol. The highest BCUT2D eigenvalue weighted by Gasteiger charge is 2.09. The molecule has 0 fully saturated rings. The molecule has 15 heavy (non-hydrogen) atoms. The number of alkyl halides is 1. The third-order valence-corrected chi connectivity index (χ3v) is 2.74. The minimum atomic E-state index is -0.160. The van der Waals surface area contributed by atoms with Crippen LogP contribution in [-0.2, 0) is 4.79 Å². The molecule has 1 N–H and O–H groups in total. The van der Waals surface area contributed by atoms with Crippen molar-refractivity contribution < 1.29 is 4.79 Å². The van der Waals surface area contributed by atoms with Gasteiger partial charge in [-0.3, -0.25) is 4.79 Å². The van der Waals surface area contributed by atoms with Gasteiger partial charge in [-0.1, -0.05) is 32.0 Å². The van der Waals surface area contributed by atoms with Crippen molar-refractivity contribution in [1.82, 2.24) is 0 Å². The van der Waals surface area contributed by atoms with Crippen LogP contribution in [0.3, 0.4) is 0 Å². The number of para-hydroxylation sites is 1. The van der Waals surface area contributed by atoms with Crippen molar-refractivity contribution in [3.63, 3.8) is 0 Å². The van der Waals surface area contributed by atoms with Gasteiger partial charge in [-0.2, -0.15) is 0 Å². The third-order valence-electron chi connectivity index (χ3n) is 2.50. The maximum absolute atomic E-state index is 11.2. The van der Waals surface area contributed by atoms with Crippen molar-refractivity contribution in [3.05, 3.63) is 29.8 Å². The largest absolute Gasteiger partial charge is 0.325 e. The molecule has 0 saturated carbocycles. The zero-order valence-corrected chi connectivity index (χ0v) is 9.84. The van der Waals surface area contributed by atoms with Gasteiger partial charge in [-0.15, -0.1) is 11.6 Å². The van der Waals surface area contributed by atoms with E-state index in [1.54, 1.807) is 0 Å². The van der Waals surface area contributed by atoms with Crippen molar-refractivity contribution in [3.8, 4) is 0 Å². The van der Waals surface area contributed by atoms with Crippen molar-refractivity contribution in [2.45, 2.75) is 26.2 Å². The molecule has 0 saturated heterocycles. The molecule has 82 valence electrons. The fourth-order valence-corrected chi connectivity index (χ4v) is 1.51. The Kier molecular flexibility index (Phi) is 4.63. The molecule has 1 aromatic carbocycles. The zero-order valence-electron chi connectivity index (χ0n) is 9.09. The monoisotopic (exact) mass is 225 g/mol. The lowest BCUT2D eigenvalue weighted by molar-refractivity contribution is -0.113. The van der Waals surface area contributed by atoms with E-state index in [1.807, 2.05) is 24.3 Å². The average Bonchev–Trinajstić information content (AvgIpc) is 2.28. The number of benzene rings is 1. The molecule has 0 spiro atoms. The molecule has 1 aromatic rings. The van der Waals surface area contributed by atoms with Gasteiger partial charge in [0.1, 0.15) is 5.88 Å². The van der Waals surface area contributed by atoms with Crippen LogP contribution in [0.1, 0.15) is 31.7 Å². The van der Waals surface area contributed by atoms with E-state index in [4.69, 9.17) is 11.6 Å². The summed E-state index contributed by atoms with van der Waals surface area (Å²) in [5.74, 6) is 0.277. The van der Waals surface area contributed by atoms with E-state index in [2.05, 4.69) is 19.2 Å². The van der Waals surface area contributed by atoms with Gasteiger partial charge in [-0.25, -0.2) is 0 Å². The lowest BCUT2D eigenvalue weighted by atomic mass is 9.97. The Labute approximate surface area is 95.6 Å². The lowest BCUT2D eigenvalue weighted by Crippen LogP contribution is -2.14. The highest BCUT2D eigenvalue weighted by Crippen LogP contribution is 2.26. The molecule has 1 atom stereocenters. The number of carbonyl (C=O) groups excluding carboxylic acids is 1. The predicted molar refractivity (Wildman–Crippen MR) is 64.5 cm³/mol. The molecule has 0 radical (unpaired) electrons. The van der Waals surface area contributed by atoms with Crippen LogP contribution in [0.2, 0.25) is 0 Å². The van der Waals surface area contributed by atoms with Crippen LogP contribution in [0.25, 0.3) is 0 Å². The maximum Gasteiger partial charge on any atom is 0.239 e. The Morgan fingerprint density at radius 2 is 2.13 bits per heavy atom. The van der Waals surface area contributed by atoms with Crippen LogP contribution < -0.4 is 5.32 Å². The van der Waals surface area contributed by atoms with Gasteiger partial charge in [0, 0.05) is 5.69 Å². The van der Waals surface area contributed by atoms with Crippen LogP contribution in [0.5, 0.6) is 0 Å². The van der Waals surface area contributed by atoms with E-state index >= 15 is 0 Å². The zero-order chi connectivity index (χ0) is 11.3. The molecule has 0 aliphatic carbocycles. The minimum Gasteiger partial charge on any atom is -0.325 e. The van der Waals surface area contributed by atoms with Crippen molar-refractivity contribution in [2.24, 2.45) is 0 Å². The Bertz CT molecular complexity index is 338. The number of hydrogen-bond acceptors (Lipinski definition) is 1. The van der Waals surface area contributed by atoms with Crippen LogP contribution in [0.4, 0.5) is 5.69 Å². The second-order valence-electron chi connectivity index (χ2n) is 3.58. The normalized spacial score (nSPS) is 12.2. The molecule has 2 nitrogen and oxygen atoms in total. The standard InChI is InChI=1S/C12H16ClNO/c1-3-9(2)10-6-4-5-7-11(10)14-12(15)8-13/h4-7,9H,3,8H2,1-2H3,(H,14,15)/t9-/m1/s1. The second kappa shape index (κ2) is 5.76. The molecular formula is C12H16ClNO. The summed E-state index contributed by atoms with van der Waals surface area (Å²) in [5.41, 5.74) is 2.04. The van der Waals surface area contributed by atoms with Crippen LogP contribution in [0, 0.1) is 0 Å². The van der Waals surface area contributed by atoms with Crippen molar-refractivity contribution >= 4 is 23.2 Å². The molecule has 0 bridgehead atoms. The third kappa shape index (κ3) is 3.24.